The molecule has 2 heterocycles. The molecule has 0 spiro atoms. The minimum Gasteiger partial charge on any atom is -0.370 e. The Labute approximate surface area is 152 Å². The Kier molecular flexibility index (Phi) is 5.71. The molecule has 7 heteroatoms. The Bertz CT molecular complexity index is 731. The van der Waals surface area contributed by atoms with E-state index in [1.807, 2.05) is 29.2 Å². The quantitative estimate of drug-likeness (QED) is 0.889. The highest BCUT2D eigenvalue weighted by molar-refractivity contribution is 6.30. The van der Waals surface area contributed by atoms with Gasteiger partial charge in [0.05, 0.1) is 0 Å². The van der Waals surface area contributed by atoms with Crippen LogP contribution in [-0.4, -0.2) is 53.5 Å². The summed E-state index contributed by atoms with van der Waals surface area (Å²) >= 11 is 6.06. The largest absolute Gasteiger partial charge is 0.370 e. The first-order chi connectivity index (χ1) is 12.2. The van der Waals surface area contributed by atoms with Gasteiger partial charge in [0.25, 0.3) is 5.91 Å². The lowest BCUT2D eigenvalue weighted by atomic mass is 10.2. The lowest BCUT2D eigenvalue weighted by Gasteiger charge is -2.36. The Morgan fingerprint density at radius 1 is 1.20 bits per heavy atom. The lowest BCUT2D eigenvalue weighted by Crippen LogP contribution is -2.49. The molecule has 0 atom stereocenters. The molecule has 1 aromatic carbocycles. The molecule has 1 aliphatic rings. The summed E-state index contributed by atoms with van der Waals surface area (Å²) in [4.78, 5) is 25.1. The molecule has 1 saturated heterocycles. The third-order valence-electron chi connectivity index (χ3n) is 4.18. The molecule has 0 unspecified atom stereocenters. The summed E-state index contributed by atoms with van der Waals surface area (Å²) in [5.74, 6) is 0.644. The number of carbonyl (C=O) groups is 1. The molecule has 1 aromatic heterocycles. The van der Waals surface area contributed by atoms with E-state index in [-0.39, 0.29) is 5.91 Å². The van der Waals surface area contributed by atoms with E-state index in [9.17, 15) is 4.79 Å². The van der Waals surface area contributed by atoms with Crippen molar-refractivity contribution in [3.05, 3.63) is 47.4 Å². The number of carbonyl (C=O) groups excluding carboxylic acids is 1. The van der Waals surface area contributed by atoms with Gasteiger partial charge in [0.1, 0.15) is 17.8 Å². The molecular formula is C18H22ClN5O. The zero-order valence-electron chi connectivity index (χ0n) is 14.3. The van der Waals surface area contributed by atoms with E-state index in [1.165, 1.54) is 6.33 Å². The van der Waals surface area contributed by atoms with Crippen LogP contribution in [-0.2, 0) is 0 Å². The minimum atomic E-state index is -0.0484. The van der Waals surface area contributed by atoms with Gasteiger partial charge in [-0.15, -0.1) is 0 Å². The third kappa shape index (κ3) is 4.39. The molecule has 0 saturated carbocycles. The SMILES string of the molecule is CCCNc1cc(C(=O)N2CCN(c3cccc(Cl)c3)CC2)ncn1. The number of anilines is 2. The summed E-state index contributed by atoms with van der Waals surface area (Å²) in [6, 6.07) is 9.53. The molecular weight excluding hydrogens is 338 g/mol. The van der Waals surface area contributed by atoms with Crippen LogP contribution >= 0.6 is 11.6 Å². The van der Waals surface area contributed by atoms with Crippen LogP contribution in [0.2, 0.25) is 5.02 Å². The maximum absolute atomic E-state index is 12.7. The molecule has 0 aliphatic carbocycles. The van der Waals surface area contributed by atoms with Crippen molar-refractivity contribution in [2.75, 3.05) is 42.9 Å². The van der Waals surface area contributed by atoms with Gasteiger partial charge in [-0.05, 0) is 24.6 Å². The van der Waals surface area contributed by atoms with Crippen LogP contribution in [0.4, 0.5) is 11.5 Å². The number of amides is 1. The van der Waals surface area contributed by atoms with E-state index in [2.05, 4.69) is 27.1 Å². The predicted octanol–water partition coefficient (Wildman–Crippen LogP) is 2.91. The van der Waals surface area contributed by atoms with Gasteiger partial charge in [0.15, 0.2) is 0 Å². The average Bonchev–Trinajstić information content (AvgIpc) is 2.66. The Morgan fingerprint density at radius 2 is 2.00 bits per heavy atom. The summed E-state index contributed by atoms with van der Waals surface area (Å²) in [5.41, 5.74) is 1.53. The third-order valence-corrected chi connectivity index (χ3v) is 4.42. The van der Waals surface area contributed by atoms with E-state index in [4.69, 9.17) is 11.6 Å². The first-order valence-electron chi connectivity index (χ1n) is 8.53. The average molecular weight is 360 g/mol. The highest BCUT2D eigenvalue weighted by Gasteiger charge is 2.23. The van der Waals surface area contributed by atoms with Crippen LogP contribution in [0.25, 0.3) is 0 Å². The Morgan fingerprint density at radius 3 is 2.72 bits per heavy atom. The maximum atomic E-state index is 12.7. The van der Waals surface area contributed by atoms with Crippen molar-refractivity contribution in [1.29, 1.82) is 0 Å². The van der Waals surface area contributed by atoms with Crippen LogP contribution in [0, 0.1) is 0 Å². The zero-order valence-corrected chi connectivity index (χ0v) is 15.0. The van der Waals surface area contributed by atoms with Gasteiger partial charge < -0.3 is 15.1 Å². The molecule has 1 amide bonds. The van der Waals surface area contributed by atoms with Gasteiger partial charge in [-0.25, -0.2) is 9.97 Å². The lowest BCUT2D eigenvalue weighted by molar-refractivity contribution is 0.0740. The highest BCUT2D eigenvalue weighted by atomic mass is 35.5. The number of piperazine rings is 1. The van der Waals surface area contributed by atoms with Crippen LogP contribution in [0.5, 0.6) is 0 Å². The number of nitrogens with zero attached hydrogens (tertiary/aromatic N) is 4. The number of hydrogen-bond donors (Lipinski definition) is 1. The van der Waals surface area contributed by atoms with Crippen LogP contribution in [0.15, 0.2) is 36.7 Å². The predicted molar refractivity (Wildman–Crippen MR) is 100 cm³/mol. The second-order valence-corrected chi connectivity index (χ2v) is 6.41. The van der Waals surface area contributed by atoms with E-state index in [0.717, 1.165) is 36.8 Å². The van der Waals surface area contributed by atoms with Crippen molar-refractivity contribution in [3.8, 4) is 0 Å². The normalized spacial score (nSPS) is 14.5. The monoisotopic (exact) mass is 359 g/mol. The molecule has 0 bridgehead atoms. The van der Waals surface area contributed by atoms with Gasteiger partial charge in [0.2, 0.25) is 0 Å². The summed E-state index contributed by atoms with van der Waals surface area (Å²) in [7, 11) is 0. The van der Waals surface area contributed by atoms with Crippen molar-refractivity contribution >= 4 is 29.0 Å². The molecule has 1 fully saturated rings. The van der Waals surface area contributed by atoms with Gasteiger partial charge >= 0.3 is 0 Å². The number of hydrogen-bond acceptors (Lipinski definition) is 5. The van der Waals surface area contributed by atoms with E-state index in [1.54, 1.807) is 6.07 Å². The summed E-state index contributed by atoms with van der Waals surface area (Å²) in [6.07, 6.45) is 2.44. The summed E-state index contributed by atoms with van der Waals surface area (Å²) in [6.45, 7) is 5.78. The highest BCUT2D eigenvalue weighted by Crippen LogP contribution is 2.21. The molecule has 25 heavy (non-hydrogen) atoms. The minimum absolute atomic E-state index is 0.0484. The smallest absolute Gasteiger partial charge is 0.272 e. The van der Waals surface area contributed by atoms with Gasteiger partial charge in [-0.3, -0.25) is 4.79 Å². The topological polar surface area (TPSA) is 61.4 Å². The number of halogens is 1. The first-order valence-corrected chi connectivity index (χ1v) is 8.91. The summed E-state index contributed by atoms with van der Waals surface area (Å²) in [5, 5.41) is 3.91. The van der Waals surface area contributed by atoms with Crippen LogP contribution in [0.1, 0.15) is 23.8 Å². The van der Waals surface area contributed by atoms with Gasteiger partial charge in [0, 0.05) is 49.5 Å². The van der Waals surface area contributed by atoms with Crippen molar-refractivity contribution in [2.24, 2.45) is 0 Å². The van der Waals surface area contributed by atoms with E-state index in [0.29, 0.717) is 24.6 Å². The molecule has 1 N–H and O–H groups in total. The number of benzene rings is 1. The molecule has 1 aliphatic heterocycles. The number of rotatable bonds is 5. The van der Waals surface area contributed by atoms with Gasteiger partial charge in [-0.1, -0.05) is 24.6 Å². The Hall–Kier alpha value is -2.34. The molecule has 3 rings (SSSR count). The van der Waals surface area contributed by atoms with Crippen molar-refractivity contribution in [2.45, 2.75) is 13.3 Å². The van der Waals surface area contributed by atoms with E-state index >= 15 is 0 Å². The molecule has 2 aromatic rings. The van der Waals surface area contributed by atoms with Crippen LogP contribution < -0.4 is 10.2 Å². The number of nitrogens with one attached hydrogen (secondary N) is 1. The fraction of sp³-hybridized carbons (Fsp3) is 0.389. The summed E-state index contributed by atoms with van der Waals surface area (Å²) < 4.78 is 0. The standard InChI is InChI=1S/C18H22ClN5O/c1-2-6-20-17-12-16(21-13-22-17)18(25)24-9-7-23(8-10-24)15-5-3-4-14(19)11-15/h3-5,11-13H,2,6-10H2,1H3,(H,20,21,22). The first kappa shape index (κ1) is 17.5. The van der Waals surface area contributed by atoms with Gasteiger partial charge in [-0.2, -0.15) is 0 Å². The van der Waals surface area contributed by atoms with Crippen molar-refractivity contribution < 1.29 is 4.79 Å². The van der Waals surface area contributed by atoms with Crippen molar-refractivity contribution in [1.82, 2.24) is 14.9 Å². The maximum Gasteiger partial charge on any atom is 0.272 e. The van der Waals surface area contributed by atoms with Crippen LogP contribution in [0.3, 0.4) is 0 Å². The van der Waals surface area contributed by atoms with E-state index < -0.39 is 0 Å². The second-order valence-electron chi connectivity index (χ2n) is 5.97. The second kappa shape index (κ2) is 8.16. The Balaban J connectivity index is 1.61. The fourth-order valence-corrected chi connectivity index (χ4v) is 3.01. The fourth-order valence-electron chi connectivity index (χ4n) is 2.83. The van der Waals surface area contributed by atoms with Crippen molar-refractivity contribution in [3.63, 3.8) is 0 Å². The molecule has 0 radical (unpaired) electrons. The molecule has 132 valence electrons. The zero-order chi connectivity index (χ0) is 17.6. The number of aromatic nitrogens is 2. The molecule has 6 nitrogen and oxygen atoms in total.